The van der Waals surface area contributed by atoms with Gasteiger partial charge in [0.05, 0.1) is 10.8 Å². The van der Waals surface area contributed by atoms with Crippen molar-refractivity contribution in [2.24, 2.45) is 11.8 Å². The third-order valence-corrected chi connectivity index (χ3v) is 7.07. The van der Waals surface area contributed by atoms with Gasteiger partial charge in [-0.1, -0.05) is 38.0 Å². The summed E-state index contributed by atoms with van der Waals surface area (Å²) in [5.74, 6) is -2.23. The molecule has 3 atom stereocenters. The fourth-order valence-corrected chi connectivity index (χ4v) is 4.71. The average Bonchev–Trinajstić information content (AvgIpc) is 2.65. The first kappa shape index (κ1) is 21.4. The van der Waals surface area contributed by atoms with Gasteiger partial charge in [-0.2, -0.15) is 4.31 Å². The number of sulfonamides is 1. The van der Waals surface area contributed by atoms with Crippen molar-refractivity contribution in [3.8, 4) is 0 Å². The number of benzene rings is 1. The molecule has 0 spiro atoms. The first-order valence-corrected chi connectivity index (χ1v) is 10.7. The second-order valence-electron chi connectivity index (χ2n) is 7.23. The lowest BCUT2D eigenvalue weighted by atomic mass is 9.95. The Labute approximate surface area is 160 Å². The van der Waals surface area contributed by atoms with Crippen LogP contribution < -0.4 is 5.32 Å². The minimum absolute atomic E-state index is 0.0644. The van der Waals surface area contributed by atoms with Crippen molar-refractivity contribution >= 4 is 21.9 Å². The molecule has 1 amide bonds. The van der Waals surface area contributed by atoms with Crippen molar-refractivity contribution in [3.05, 3.63) is 29.8 Å². The predicted octanol–water partition coefficient (Wildman–Crippen LogP) is 2.01. The van der Waals surface area contributed by atoms with E-state index < -0.39 is 33.9 Å². The van der Waals surface area contributed by atoms with Crippen LogP contribution in [0.4, 0.5) is 0 Å². The van der Waals surface area contributed by atoms with Gasteiger partial charge >= 0.3 is 5.97 Å². The number of aliphatic carboxylic acids is 1. The number of aryl methyl sites for hydroxylation is 1. The molecule has 0 aliphatic carbocycles. The van der Waals surface area contributed by atoms with E-state index in [4.69, 9.17) is 0 Å². The van der Waals surface area contributed by atoms with E-state index in [1.165, 1.54) is 4.31 Å². The lowest BCUT2D eigenvalue weighted by Gasteiger charge is -2.32. The lowest BCUT2D eigenvalue weighted by Crippen LogP contribution is -2.51. The number of carboxylic acids is 1. The van der Waals surface area contributed by atoms with Crippen molar-refractivity contribution in [3.63, 3.8) is 0 Å². The van der Waals surface area contributed by atoms with Gasteiger partial charge in [0, 0.05) is 13.1 Å². The van der Waals surface area contributed by atoms with E-state index in [-0.39, 0.29) is 17.4 Å². The Morgan fingerprint density at radius 2 is 1.93 bits per heavy atom. The molecule has 8 heteroatoms. The zero-order valence-corrected chi connectivity index (χ0v) is 16.8. The number of piperidine rings is 1. The van der Waals surface area contributed by atoms with Crippen molar-refractivity contribution in [1.29, 1.82) is 0 Å². The molecule has 1 fully saturated rings. The Balaban J connectivity index is 2.11. The van der Waals surface area contributed by atoms with Gasteiger partial charge in [0.1, 0.15) is 6.04 Å². The van der Waals surface area contributed by atoms with Crippen LogP contribution in [-0.2, 0) is 19.6 Å². The zero-order valence-electron chi connectivity index (χ0n) is 16.0. The number of nitrogens with zero attached hydrogens (tertiary/aromatic N) is 1. The molecule has 150 valence electrons. The Bertz CT molecular complexity index is 776. The SMILES string of the molecule is CC[C@H](C)[C@H](NC(=O)C1CCCN(S(=O)(=O)c2ccc(C)cc2)C1)C(=O)O. The van der Waals surface area contributed by atoms with Crippen LogP contribution in [0.2, 0.25) is 0 Å². The van der Waals surface area contributed by atoms with E-state index in [1.54, 1.807) is 31.2 Å². The van der Waals surface area contributed by atoms with Crippen LogP contribution >= 0.6 is 0 Å². The number of carbonyl (C=O) groups excluding carboxylic acids is 1. The van der Waals surface area contributed by atoms with Gasteiger partial charge in [0.15, 0.2) is 0 Å². The minimum atomic E-state index is -3.67. The maximum Gasteiger partial charge on any atom is 0.326 e. The van der Waals surface area contributed by atoms with Gasteiger partial charge < -0.3 is 10.4 Å². The number of nitrogens with one attached hydrogen (secondary N) is 1. The Kier molecular flexibility index (Phi) is 7.00. The average molecular weight is 397 g/mol. The van der Waals surface area contributed by atoms with Gasteiger partial charge in [-0.05, 0) is 37.8 Å². The highest BCUT2D eigenvalue weighted by molar-refractivity contribution is 7.89. The number of hydrogen-bond acceptors (Lipinski definition) is 4. The zero-order chi connectivity index (χ0) is 20.2. The number of amides is 1. The van der Waals surface area contributed by atoms with Crippen LogP contribution in [-0.4, -0.2) is 48.8 Å². The number of carbonyl (C=O) groups is 2. The summed E-state index contributed by atoms with van der Waals surface area (Å²) in [6, 6.07) is 5.65. The molecule has 27 heavy (non-hydrogen) atoms. The highest BCUT2D eigenvalue weighted by atomic mass is 32.2. The van der Waals surface area contributed by atoms with Gasteiger partial charge in [-0.25, -0.2) is 13.2 Å². The highest BCUT2D eigenvalue weighted by Crippen LogP contribution is 2.24. The van der Waals surface area contributed by atoms with Crippen molar-refractivity contribution in [2.75, 3.05) is 13.1 Å². The van der Waals surface area contributed by atoms with Gasteiger partial charge in [-0.15, -0.1) is 0 Å². The third-order valence-electron chi connectivity index (χ3n) is 5.19. The maximum atomic E-state index is 12.9. The topological polar surface area (TPSA) is 104 Å². The monoisotopic (exact) mass is 396 g/mol. The van der Waals surface area contributed by atoms with E-state index in [2.05, 4.69) is 5.32 Å². The molecule has 1 unspecified atom stereocenters. The van der Waals surface area contributed by atoms with E-state index in [9.17, 15) is 23.1 Å². The number of hydrogen-bond donors (Lipinski definition) is 2. The molecule has 1 aliphatic heterocycles. The van der Waals surface area contributed by atoms with Crippen LogP contribution in [0.1, 0.15) is 38.7 Å². The molecule has 1 aromatic rings. The fraction of sp³-hybridized carbons (Fsp3) is 0.579. The van der Waals surface area contributed by atoms with Gasteiger partial charge in [0.25, 0.3) is 0 Å². The molecule has 0 radical (unpaired) electrons. The maximum absolute atomic E-state index is 12.9. The summed E-state index contributed by atoms with van der Waals surface area (Å²) in [5.41, 5.74) is 0.967. The number of carboxylic acid groups (broad SMARTS) is 1. The van der Waals surface area contributed by atoms with Crippen LogP contribution in [0.5, 0.6) is 0 Å². The summed E-state index contributed by atoms with van der Waals surface area (Å²) in [6.45, 7) is 5.94. The first-order valence-electron chi connectivity index (χ1n) is 9.26. The molecular weight excluding hydrogens is 368 g/mol. The van der Waals surface area contributed by atoms with Crippen molar-refractivity contribution in [2.45, 2.75) is 51.0 Å². The summed E-state index contributed by atoms with van der Waals surface area (Å²) >= 11 is 0. The molecule has 7 nitrogen and oxygen atoms in total. The van der Waals surface area contributed by atoms with Crippen LogP contribution in [0, 0.1) is 18.8 Å². The molecule has 1 aromatic carbocycles. The summed E-state index contributed by atoms with van der Waals surface area (Å²) < 4.78 is 27.0. The number of rotatable bonds is 7. The van der Waals surface area contributed by atoms with Crippen molar-refractivity contribution in [1.82, 2.24) is 9.62 Å². The minimum Gasteiger partial charge on any atom is -0.480 e. The molecule has 0 saturated carbocycles. The molecule has 1 saturated heterocycles. The summed E-state index contributed by atoms with van der Waals surface area (Å²) in [7, 11) is -3.67. The molecule has 1 aliphatic rings. The van der Waals surface area contributed by atoms with E-state index >= 15 is 0 Å². The third kappa shape index (κ3) is 5.07. The fourth-order valence-electron chi connectivity index (χ4n) is 3.19. The lowest BCUT2D eigenvalue weighted by molar-refractivity contribution is -0.144. The summed E-state index contributed by atoms with van der Waals surface area (Å²) in [6.07, 6.45) is 1.72. The normalized spacial score (nSPS) is 20.6. The first-order chi connectivity index (χ1) is 12.7. The Hall–Kier alpha value is -1.93. The molecule has 2 rings (SSSR count). The van der Waals surface area contributed by atoms with E-state index in [1.807, 2.05) is 13.8 Å². The quantitative estimate of drug-likeness (QED) is 0.734. The molecular formula is C19H28N2O5S. The molecule has 2 N–H and O–H groups in total. The smallest absolute Gasteiger partial charge is 0.326 e. The van der Waals surface area contributed by atoms with Crippen molar-refractivity contribution < 1.29 is 23.1 Å². The predicted molar refractivity (Wildman–Crippen MR) is 102 cm³/mol. The summed E-state index contributed by atoms with van der Waals surface area (Å²) in [5, 5.41) is 11.9. The van der Waals surface area contributed by atoms with E-state index in [0.29, 0.717) is 25.8 Å². The van der Waals surface area contributed by atoms with E-state index in [0.717, 1.165) is 5.56 Å². The molecule has 1 heterocycles. The van der Waals surface area contributed by atoms with Gasteiger partial charge in [-0.3, -0.25) is 4.79 Å². The highest BCUT2D eigenvalue weighted by Gasteiger charge is 2.35. The standard InChI is InChI=1S/C19H28N2O5S/c1-4-14(3)17(19(23)24)20-18(22)15-6-5-11-21(12-15)27(25,26)16-9-7-13(2)8-10-16/h7-10,14-15,17H,4-6,11-12H2,1-3H3,(H,20,22)(H,23,24)/t14-,15?,17-/m0/s1. The Morgan fingerprint density at radius 1 is 1.30 bits per heavy atom. The summed E-state index contributed by atoms with van der Waals surface area (Å²) in [4.78, 5) is 24.2. The second-order valence-corrected chi connectivity index (χ2v) is 9.16. The largest absolute Gasteiger partial charge is 0.480 e. The second kappa shape index (κ2) is 8.84. The van der Waals surface area contributed by atoms with Crippen LogP contribution in [0.3, 0.4) is 0 Å². The van der Waals surface area contributed by atoms with Crippen LogP contribution in [0.25, 0.3) is 0 Å². The van der Waals surface area contributed by atoms with Crippen LogP contribution in [0.15, 0.2) is 29.2 Å². The van der Waals surface area contributed by atoms with Gasteiger partial charge in [0.2, 0.25) is 15.9 Å². The Morgan fingerprint density at radius 3 is 2.48 bits per heavy atom. The molecule has 0 aromatic heterocycles. The molecule has 0 bridgehead atoms.